The summed E-state index contributed by atoms with van der Waals surface area (Å²) in [5, 5.41) is 7.43. The first kappa shape index (κ1) is 7.78. The van der Waals surface area contributed by atoms with Gasteiger partial charge in [0.2, 0.25) is 0 Å². The van der Waals surface area contributed by atoms with Crippen LogP contribution in [0.4, 0.5) is 0 Å². The lowest BCUT2D eigenvalue weighted by Gasteiger charge is -2.01. The molecule has 0 amide bonds. The van der Waals surface area contributed by atoms with Crippen LogP contribution in [-0.2, 0) is 6.54 Å². The topological polar surface area (TPSA) is 90.3 Å². The normalized spacial score (nSPS) is 10.8. The summed E-state index contributed by atoms with van der Waals surface area (Å²) < 4.78 is 1.77. The first-order valence-electron chi connectivity index (χ1n) is 3.94. The van der Waals surface area contributed by atoms with E-state index in [1.165, 1.54) is 6.33 Å². The molecule has 0 aliphatic rings. The van der Waals surface area contributed by atoms with Gasteiger partial charge in [0.05, 0.1) is 6.33 Å². The number of aryl methyl sites for hydroxylation is 1. The van der Waals surface area contributed by atoms with Crippen molar-refractivity contribution in [2.45, 2.75) is 13.5 Å². The van der Waals surface area contributed by atoms with Crippen molar-refractivity contribution in [2.75, 3.05) is 0 Å². The van der Waals surface area contributed by atoms with Gasteiger partial charge < -0.3 is 9.55 Å². The van der Waals surface area contributed by atoms with E-state index in [4.69, 9.17) is 5.41 Å². The Kier molecular flexibility index (Phi) is 1.54. The molecule has 2 aromatic rings. The van der Waals surface area contributed by atoms with Gasteiger partial charge >= 0.3 is 5.69 Å². The van der Waals surface area contributed by atoms with Crippen LogP contribution in [0.2, 0.25) is 0 Å². The molecule has 0 saturated carbocycles. The molecule has 2 aromatic heterocycles. The first-order valence-corrected chi connectivity index (χ1v) is 3.94. The van der Waals surface area contributed by atoms with Gasteiger partial charge in [0.15, 0.2) is 5.49 Å². The Morgan fingerprint density at radius 2 is 2.38 bits per heavy atom. The van der Waals surface area contributed by atoms with Crippen LogP contribution in [0.3, 0.4) is 0 Å². The molecule has 0 atom stereocenters. The molecule has 2 heterocycles. The molecular weight excluding hydrogens is 170 g/mol. The number of rotatable bonds is 1. The second kappa shape index (κ2) is 2.58. The van der Waals surface area contributed by atoms with E-state index in [0.717, 1.165) is 0 Å². The molecule has 0 aliphatic heterocycles. The molecular formula is C7H9N5O. The van der Waals surface area contributed by atoms with Gasteiger partial charge in [-0.2, -0.15) is 0 Å². The second-order valence-corrected chi connectivity index (χ2v) is 2.68. The summed E-state index contributed by atoms with van der Waals surface area (Å²) in [4.78, 5) is 19.9. The highest BCUT2D eigenvalue weighted by Gasteiger charge is 2.03. The number of aromatic amines is 2. The third-order valence-corrected chi connectivity index (χ3v) is 1.90. The SMILES string of the molecule is CCn1cnc(=N)c2[nH]c(=O)[nH]c21. The molecule has 0 radical (unpaired) electrons. The van der Waals surface area contributed by atoms with Gasteiger partial charge in [-0.05, 0) is 6.92 Å². The van der Waals surface area contributed by atoms with Crippen LogP contribution in [0.1, 0.15) is 6.92 Å². The van der Waals surface area contributed by atoms with Crippen molar-refractivity contribution in [1.82, 2.24) is 19.5 Å². The van der Waals surface area contributed by atoms with Crippen LogP contribution >= 0.6 is 0 Å². The second-order valence-electron chi connectivity index (χ2n) is 2.68. The highest BCUT2D eigenvalue weighted by atomic mass is 16.1. The number of nitrogens with one attached hydrogen (secondary N) is 3. The van der Waals surface area contributed by atoms with Crippen molar-refractivity contribution in [1.29, 1.82) is 5.41 Å². The minimum atomic E-state index is -0.307. The van der Waals surface area contributed by atoms with Crippen molar-refractivity contribution in [3.63, 3.8) is 0 Å². The van der Waals surface area contributed by atoms with E-state index in [1.54, 1.807) is 4.57 Å². The summed E-state index contributed by atoms with van der Waals surface area (Å²) in [6, 6.07) is 0. The zero-order valence-electron chi connectivity index (χ0n) is 7.09. The summed E-state index contributed by atoms with van der Waals surface area (Å²) in [7, 11) is 0. The highest BCUT2D eigenvalue weighted by molar-refractivity contribution is 5.67. The van der Waals surface area contributed by atoms with Crippen molar-refractivity contribution >= 4 is 11.2 Å². The van der Waals surface area contributed by atoms with Crippen molar-refractivity contribution in [3.05, 3.63) is 22.3 Å². The van der Waals surface area contributed by atoms with Crippen LogP contribution in [0, 0.1) is 5.41 Å². The van der Waals surface area contributed by atoms with E-state index in [9.17, 15) is 4.79 Å². The summed E-state index contributed by atoms with van der Waals surface area (Å²) in [6.07, 6.45) is 1.54. The Morgan fingerprint density at radius 1 is 1.62 bits per heavy atom. The van der Waals surface area contributed by atoms with E-state index < -0.39 is 0 Å². The first-order chi connectivity index (χ1) is 6.22. The average Bonchev–Trinajstić information content (AvgIpc) is 2.48. The number of hydrogen-bond acceptors (Lipinski definition) is 3. The minimum Gasteiger partial charge on any atom is -0.317 e. The van der Waals surface area contributed by atoms with Gasteiger partial charge in [-0.25, -0.2) is 9.78 Å². The van der Waals surface area contributed by atoms with Gasteiger partial charge in [-0.15, -0.1) is 0 Å². The molecule has 6 nitrogen and oxygen atoms in total. The fourth-order valence-electron chi connectivity index (χ4n) is 1.25. The molecule has 0 aliphatic carbocycles. The van der Waals surface area contributed by atoms with Crippen LogP contribution in [0.25, 0.3) is 11.2 Å². The fraction of sp³-hybridized carbons (Fsp3) is 0.286. The monoisotopic (exact) mass is 179 g/mol. The minimum absolute atomic E-state index is 0.0815. The predicted molar refractivity (Wildman–Crippen MR) is 46.2 cm³/mol. The predicted octanol–water partition coefficient (Wildman–Crippen LogP) is -0.448. The zero-order valence-corrected chi connectivity index (χ0v) is 7.09. The van der Waals surface area contributed by atoms with Gasteiger partial charge in [-0.3, -0.25) is 10.4 Å². The highest BCUT2D eigenvalue weighted by Crippen LogP contribution is 1.98. The zero-order chi connectivity index (χ0) is 9.42. The molecule has 68 valence electrons. The van der Waals surface area contributed by atoms with Gasteiger partial charge in [0, 0.05) is 6.54 Å². The Hall–Kier alpha value is -1.85. The summed E-state index contributed by atoms with van der Waals surface area (Å²) >= 11 is 0. The Balaban J connectivity index is 3.00. The standard InChI is InChI=1S/C7H9N5O/c1-2-12-3-9-5(8)4-6(12)11-7(13)10-4/h3,8H,2H2,1H3,(H2,10,11,13). The largest absolute Gasteiger partial charge is 0.325 e. The molecule has 0 aromatic carbocycles. The van der Waals surface area contributed by atoms with Crippen LogP contribution < -0.4 is 11.2 Å². The number of H-pyrrole nitrogens is 2. The molecule has 2 rings (SSSR count). The van der Waals surface area contributed by atoms with Gasteiger partial charge in [-0.1, -0.05) is 0 Å². The molecule has 0 saturated heterocycles. The molecule has 0 bridgehead atoms. The summed E-state index contributed by atoms with van der Waals surface area (Å²) in [6.45, 7) is 2.65. The third kappa shape index (κ3) is 1.07. The van der Waals surface area contributed by atoms with Crippen LogP contribution in [-0.4, -0.2) is 19.5 Å². The van der Waals surface area contributed by atoms with Crippen molar-refractivity contribution in [2.24, 2.45) is 0 Å². The van der Waals surface area contributed by atoms with Gasteiger partial charge in [0.25, 0.3) is 0 Å². The van der Waals surface area contributed by atoms with E-state index in [-0.39, 0.29) is 11.2 Å². The van der Waals surface area contributed by atoms with Gasteiger partial charge in [0.1, 0.15) is 11.2 Å². The Labute approximate surface area is 72.8 Å². The fourth-order valence-corrected chi connectivity index (χ4v) is 1.25. The molecule has 13 heavy (non-hydrogen) atoms. The summed E-state index contributed by atoms with van der Waals surface area (Å²) in [5.41, 5.74) is 0.846. The third-order valence-electron chi connectivity index (χ3n) is 1.90. The van der Waals surface area contributed by atoms with E-state index >= 15 is 0 Å². The lowest BCUT2D eigenvalue weighted by molar-refractivity contribution is 0.752. The van der Waals surface area contributed by atoms with E-state index in [1.807, 2.05) is 6.92 Å². The lowest BCUT2D eigenvalue weighted by atomic mass is 10.5. The summed E-state index contributed by atoms with van der Waals surface area (Å²) in [5.74, 6) is 0. The van der Waals surface area contributed by atoms with E-state index in [2.05, 4.69) is 15.0 Å². The smallest absolute Gasteiger partial charge is 0.317 e. The number of hydrogen-bond donors (Lipinski definition) is 3. The molecule has 0 unspecified atom stereocenters. The lowest BCUT2D eigenvalue weighted by Crippen LogP contribution is -2.11. The van der Waals surface area contributed by atoms with Crippen molar-refractivity contribution in [3.8, 4) is 0 Å². The number of aromatic nitrogens is 4. The van der Waals surface area contributed by atoms with Crippen LogP contribution in [0.5, 0.6) is 0 Å². The molecule has 6 heteroatoms. The maximum Gasteiger partial charge on any atom is 0.325 e. The Bertz CT molecular complexity index is 546. The maximum absolute atomic E-state index is 11.0. The molecule has 0 spiro atoms. The number of nitrogens with zero attached hydrogens (tertiary/aromatic N) is 2. The maximum atomic E-state index is 11.0. The Morgan fingerprint density at radius 3 is 3.08 bits per heavy atom. The number of imidazole rings is 1. The van der Waals surface area contributed by atoms with Crippen molar-refractivity contribution < 1.29 is 0 Å². The van der Waals surface area contributed by atoms with E-state index in [0.29, 0.717) is 17.7 Å². The molecule has 3 N–H and O–H groups in total. The van der Waals surface area contributed by atoms with Crippen LogP contribution in [0.15, 0.2) is 11.1 Å². The molecule has 0 fully saturated rings. The quantitative estimate of drug-likeness (QED) is 0.553. The average molecular weight is 179 g/mol. The number of fused-ring (bicyclic) bond motifs is 1.